The fourth-order valence-corrected chi connectivity index (χ4v) is 2.32. The van der Waals surface area contributed by atoms with E-state index in [1.807, 2.05) is 12.1 Å². The average molecular weight is 255 g/mol. The van der Waals surface area contributed by atoms with Gasteiger partial charge in [0.2, 0.25) is 0 Å². The standard InChI is InChI=1S/C15H10FNO2/c16-9-5-6-14-12(7-9)10-3-1-2-4-11(10)15(19-14)13(18)8-17/h1-7,13-14,18H. The van der Waals surface area contributed by atoms with Gasteiger partial charge in [0.25, 0.3) is 0 Å². The van der Waals surface area contributed by atoms with E-state index in [4.69, 9.17) is 10.00 Å². The monoisotopic (exact) mass is 255 g/mol. The highest BCUT2D eigenvalue weighted by Crippen LogP contribution is 2.24. The Morgan fingerprint density at radius 3 is 2.79 bits per heavy atom. The number of rotatable bonds is 1. The van der Waals surface area contributed by atoms with Crippen LogP contribution in [-0.4, -0.2) is 17.3 Å². The van der Waals surface area contributed by atoms with Crippen LogP contribution in [0.4, 0.5) is 4.39 Å². The Hall–Kier alpha value is -2.38. The van der Waals surface area contributed by atoms with Crippen molar-refractivity contribution in [1.29, 1.82) is 5.26 Å². The molecule has 2 atom stereocenters. The predicted octanol–water partition coefficient (Wildman–Crippen LogP) is 0.652. The first-order chi connectivity index (χ1) is 9.20. The van der Waals surface area contributed by atoms with Gasteiger partial charge < -0.3 is 9.84 Å². The number of hydrogen-bond donors (Lipinski definition) is 1. The van der Waals surface area contributed by atoms with Crippen molar-refractivity contribution in [2.75, 3.05) is 0 Å². The van der Waals surface area contributed by atoms with Crippen molar-refractivity contribution < 1.29 is 14.2 Å². The van der Waals surface area contributed by atoms with Gasteiger partial charge in [0.05, 0.1) is 0 Å². The molecule has 0 bridgehead atoms. The Morgan fingerprint density at radius 2 is 2.05 bits per heavy atom. The lowest BCUT2D eigenvalue weighted by Gasteiger charge is -2.26. The summed E-state index contributed by atoms with van der Waals surface area (Å²) in [5, 5.41) is 20.0. The van der Waals surface area contributed by atoms with Crippen molar-refractivity contribution >= 4 is 11.3 Å². The molecule has 3 rings (SSSR count). The van der Waals surface area contributed by atoms with Crippen LogP contribution in [0.5, 0.6) is 0 Å². The lowest BCUT2D eigenvalue weighted by Crippen LogP contribution is -2.41. The van der Waals surface area contributed by atoms with E-state index in [1.165, 1.54) is 12.2 Å². The SMILES string of the molecule is N#CC(O)C1=c2ccccc2=C2C=C(F)C=CC2O1. The van der Waals surface area contributed by atoms with Gasteiger partial charge in [0, 0.05) is 10.8 Å². The van der Waals surface area contributed by atoms with Crippen molar-refractivity contribution in [2.45, 2.75) is 12.2 Å². The number of ether oxygens (including phenoxy) is 1. The van der Waals surface area contributed by atoms with Crippen molar-refractivity contribution in [3.8, 4) is 6.07 Å². The molecule has 3 nitrogen and oxygen atoms in total. The second kappa shape index (κ2) is 4.38. The van der Waals surface area contributed by atoms with Gasteiger partial charge in [-0.05, 0) is 23.4 Å². The summed E-state index contributed by atoms with van der Waals surface area (Å²) in [7, 11) is 0. The van der Waals surface area contributed by atoms with Crippen LogP contribution < -0.4 is 10.4 Å². The van der Waals surface area contributed by atoms with Crippen molar-refractivity contribution in [1.82, 2.24) is 0 Å². The predicted molar refractivity (Wildman–Crippen MR) is 67.3 cm³/mol. The highest BCUT2D eigenvalue weighted by molar-refractivity contribution is 5.70. The zero-order chi connectivity index (χ0) is 13.4. The quantitative estimate of drug-likeness (QED) is 0.750. The van der Waals surface area contributed by atoms with Gasteiger partial charge in [-0.3, -0.25) is 0 Å². The van der Waals surface area contributed by atoms with E-state index in [-0.39, 0.29) is 11.6 Å². The molecule has 4 heteroatoms. The minimum absolute atomic E-state index is 0.215. The second-order valence-corrected chi connectivity index (χ2v) is 4.32. The Kier molecular flexibility index (Phi) is 2.69. The van der Waals surface area contributed by atoms with E-state index in [0.717, 1.165) is 5.22 Å². The molecule has 2 aliphatic rings. The summed E-state index contributed by atoms with van der Waals surface area (Å²) >= 11 is 0. The van der Waals surface area contributed by atoms with Crippen LogP contribution in [0.2, 0.25) is 0 Å². The molecular weight excluding hydrogens is 245 g/mol. The molecular formula is C15H10FNO2. The summed E-state index contributed by atoms with van der Waals surface area (Å²) in [4.78, 5) is 0. The molecule has 19 heavy (non-hydrogen) atoms. The molecule has 1 N–H and O–H groups in total. The number of halogens is 1. The number of aliphatic hydroxyl groups excluding tert-OH is 1. The number of aliphatic hydroxyl groups is 1. The molecule has 1 aliphatic carbocycles. The number of hydrogen-bond acceptors (Lipinski definition) is 3. The molecule has 1 aromatic carbocycles. The van der Waals surface area contributed by atoms with Crippen LogP contribution in [0, 0.1) is 11.3 Å². The summed E-state index contributed by atoms with van der Waals surface area (Å²) in [6, 6.07) is 8.94. The lowest BCUT2D eigenvalue weighted by atomic mass is 9.96. The third-order valence-electron chi connectivity index (χ3n) is 3.16. The minimum atomic E-state index is -1.33. The number of allylic oxidation sites excluding steroid dienone is 2. The van der Waals surface area contributed by atoms with E-state index in [2.05, 4.69) is 0 Å². The Balaban J connectivity index is 2.38. The van der Waals surface area contributed by atoms with Gasteiger partial charge in [-0.25, -0.2) is 4.39 Å². The Morgan fingerprint density at radius 1 is 1.32 bits per heavy atom. The molecule has 0 saturated carbocycles. The largest absolute Gasteiger partial charge is 0.481 e. The van der Waals surface area contributed by atoms with E-state index >= 15 is 0 Å². The fraction of sp³-hybridized carbons (Fsp3) is 0.133. The maximum atomic E-state index is 13.4. The highest BCUT2D eigenvalue weighted by Gasteiger charge is 2.26. The zero-order valence-electron chi connectivity index (χ0n) is 9.88. The van der Waals surface area contributed by atoms with Gasteiger partial charge in [-0.2, -0.15) is 5.26 Å². The van der Waals surface area contributed by atoms with E-state index in [0.29, 0.717) is 10.8 Å². The molecule has 1 aliphatic heterocycles. The molecule has 1 heterocycles. The van der Waals surface area contributed by atoms with E-state index in [9.17, 15) is 9.50 Å². The average Bonchev–Trinajstić information content (AvgIpc) is 2.46. The molecule has 0 radical (unpaired) electrons. The van der Waals surface area contributed by atoms with Gasteiger partial charge in [-0.1, -0.05) is 24.3 Å². The summed E-state index contributed by atoms with van der Waals surface area (Å²) in [6.45, 7) is 0. The summed E-state index contributed by atoms with van der Waals surface area (Å²) in [6.07, 6.45) is 2.52. The summed E-state index contributed by atoms with van der Waals surface area (Å²) in [5.41, 5.74) is 0.699. The van der Waals surface area contributed by atoms with Crippen molar-refractivity contribution in [3.05, 3.63) is 58.8 Å². The van der Waals surface area contributed by atoms with Gasteiger partial charge >= 0.3 is 0 Å². The molecule has 0 spiro atoms. The van der Waals surface area contributed by atoms with Crippen LogP contribution in [0.15, 0.2) is 48.3 Å². The van der Waals surface area contributed by atoms with Crippen molar-refractivity contribution in [3.63, 3.8) is 0 Å². The topological polar surface area (TPSA) is 53.2 Å². The third kappa shape index (κ3) is 1.85. The number of nitriles is 1. The smallest absolute Gasteiger partial charge is 0.198 e. The van der Waals surface area contributed by atoms with Crippen LogP contribution in [0.3, 0.4) is 0 Å². The Labute approximate surface area is 108 Å². The number of fused-ring (bicyclic) bond motifs is 2. The van der Waals surface area contributed by atoms with Gasteiger partial charge in [0.15, 0.2) is 6.10 Å². The molecule has 0 saturated heterocycles. The number of nitrogens with zero attached hydrogens (tertiary/aromatic N) is 1. The first-order valence-electron chi connectivity index (χ1n) is 5.84. The Bertz CT molecular complexity index is 755. The van der Waals surface area contributed by atoms with Crippen molar-refractivity contribution in [2.24, 2.45) is 0 Å². The summed E-state index contributed by atoms with van der Waals surface area (Å²) in [5.74, 6) is -0.124. The van der Waals surface area contributed by atoms with Gasteiger partial charge in [-0.15, -0.1) is 0 Å². The molecule has 0 amide bonds. The molecule has 94 valence electrons. The maximum absolute atomic E-state index is 13.4. The fourth-order valence-electron chi connectivity index (χ4n) is 2.32. The van der Waals surface area contributed by atoms with Crippen LogP contribution >= 0.6 is 0 Å². The van der Waals surface area contributed by atoms with Crippen LogP contribution in [0.1, 0.15) is 0 Å². The third-order valence-corrected chi connectivity index (χ3v) is 3.16. The normalized spacial score (nSPS) is 21.7. The molecule has 2 unspecified atom stereocenters. The minimum Gasteiger partial charge on any atom is -0.481 e. The first-order valence-corrected chi connectivity index (χ1v) is 5.84. The summed E-state index contributed by atoms with van der Waals surface area (Å²) < 4.78 is 19.0. The highest BCUT2D eigenvalue weighted by atomic mass is 19.1. The number of benzene rings is 1. The van der Waals surface area contributed by atoms with E-state index < -0.39 is 12.2 Å². The van der Waals surface area contributed by atoms with E-state index in [1.54, 1.807) is 24.3 Å². The molecule has 0 fully saturated rings. The first kappa shape index (κ1) is 11.7. The lowest BCUT2D eigenvalue weighted by molar-refractivity contribution is 0.176. The zero-order valence-corrected chi connectivity index (χ0v) is 9.88. The van der Waals surface area contributed by atoms with Gasteiger partial charge in [0.1, 0.15) is 23.8 Å². The van der Waals surface area contributed by atoms with Crippen LogP contribution in [0.25, 0.3) is 11.3 Å². The van der Waals surface area contributed by atoms with Crippen LogP contribution in [-0.2, 0) is 4.74 Å². The maximum Gasteiger partial charge on any atom is 0.198 e. The molecule has 0 aromatic heterocycles. The molecule has 1 aromatic rings. The second-order valence-electron chi connectivity index (χ2n) is 4.32.